The van der Waals surface area contributed by atoms with E-state index in [4.69, 9.17) is 10.9 Å². The van der Waals surface area contributed by atoms with Gasteiger partial charge in [-0.05, 0) is 43.5 Å². The largest absolute Gasteiger partial charge is 0.338 e. The Kier molecular flexibility index (Phi) is 2.97. The number of nitrogens with one attached hydrogen (secondary N) is 1. The molecule has 6 heteroatoms. The van der Waals surface area contributed by atoms with E-state index in [2.05, 4.69) is 31.5 Å². The lowest BCUT2D eigenvalue weighted by Crippen LogP contribution is -2.11. The highest BCUT2D eigenvalue weighted by Gasteiger charge is 2.30. The van der Waals surface area contributed by atoms with Gasteiger partial charge in [0, 0.05) is 11.1 Å². The number of H-pyrrole nitrogens is 1. The van der Waals surface area contributed by atoms with Crippen LogP contribution in [-0.4, -0.2) is 25.6 Å². The fourth-order valence-corrected chi connectivity index (χ4v) is 2.78. The Bertz CT molecular complexity index is 840. The summed E-state index contributed by atoms with van der Waals surface area (Å²) in [7, 11) is 0. The molecule has 2 heterocycles. The van der Waals surface area contributed by atoms with Crippen molar-refractivity contribution in [1.82, 2.24) is 25.6 Å². The minimum atomic E-state index is 0.0220. The zero-order chi connectivity index (χ0) is 14.9. The van der Waals surface area contributed by atoms with Gasteiger partial charge in [-0.15, -0.1) is 6.42 Å². The SMILES string of the molecule is C#Cc1ccc(-c2noc(C3CCCc4n[nH]nc43)n2)cc1. The predicted octanol–water partition coefficient (Wildman–Crippen LogP) is 2.30. The van der Waals surface area contributed by atoms with E-state index >= 15 is 0 Å². The molecule has 0 spiro atoms. The van der Waals surface area contributed by atoms with Gasteiger partial charge in [-0.3, -0.25) is 0 Å². The molecule has 1 aliphatic rings. The van der Waals surface area contributed by atoms with Crippen LogP contribution >= 0.6 is 0 Å². The molecule has 22 heavy (non-hydrogen) atoms. The van der Waals surface area contributed by atoms with E-state index < -0.39 is 0 Å². The van der Waals surface area contributed by atoms with Gasteiger partial charge in [-0.2, -0.15) is 20.4 Å². The molecule has 4 rings (SSSR count). The topological polar surface area (TPSA) is 80.5 Å². The molecule has 0 radical (unpaired) electrons. The van der Waals surface area contributed by atoms with Crippen molar-refractivity contribution in [1.29, 1.82) is 0 Å². The van der Waals surface area contributed by atoms with Gasteiger partial charge in [-0.25, -0.2) is 0 Å². The molecule has 0 bridgehead atoms. The van der Waals surface area contributed by atoms with Gasteiger partial charge in [0.05, 0.1) is 17.3 Å². The summed E-state index contributed by atoms with van der Waals surface area (Å²) in [5, 5.41) is 15.2. The van der Waals surface area contributed by atoms with Crippen molar-refractivity contribution >= 4 is 0 Å². The van der Waals surface area contributed by atoms with Crippen molar-refractivity contribution in [3.05, 3.63) is 47.1 Å². The third kappa shape index (κ3) is 2.07. The van der Waals surface area contributed by atoms with Crippen LogP contribution < -0.4 is 0 Å². The number of aromatic amines is 1. The zero-order valence-corrected chi connectivity index (χ0v) is 11.8. The van der Waals surface area contributed by atoms with Crippen molar-refractivity contribution in [2.24, 2.45) is 0 Å². The quantitative estimate of drug-likeness (QED) is 0.733. The Morgan fingerprint density at radius 2 is 2.09 bits per heavy atom. The first kappa shape index (κ1) is 12.8. The molecule has 0 saturated carbocycles. The number of benzene rings is 1. The third-order valence-corrected chi connectivity index (χ3v) is 3.94. The van der Waals surface area contributed by atoms with Crippen LogP contribution in [0.4, 0.5) is 0 Å². The van der Waals surface area contributed by atoms with E-state index in [0.29, 0.717) is 11.7 Å². The fraction of sp³-hybridized carbons (Fsp3) is 0.250. The number of aryl methyl sites for hydroxylation is 1. The molecule has 1 N–H and O–H groups in total. The molecule has 108 valence electrons. The molecule has 1 aromatic carbocycles. The zero-order valence-electron chi connectivity index (χ0n) is 11.8. The number of aromatic nitrogens is 5. The molecule has 3 aromatic rings. The number of hydrogen-bond donors (Lipinski definition) is 1. The summed E-state index contributed by atoms with van der Waals surface area (Å²) in [6.45, 7) is 0. The van der Waals surface area contributed by atoms with Crippen LogP contribution in [0.5, 0.6) is 0 Å². The van der Waals surface area contributed by atoms with E-state index in [1.165, 1.54) is 0 Å². The highest BCUT2D eigenvalue weighted by molar-refractivity contribution is 5.56. The van der Waals surface area contributed by atoms with Gasteiger partial charge in [0.15, 0.2) is 0 Å². The van der Waals surface area contributed by atoms with E-state index in [0.717, 1.165) is 41.8 Å². The Hall–Kier alpha value is -2.94. The first-order valence-electron chi connectivity index (χ1n) is 7.15. The van der Waals surface area contributed by atoms with Crippen molar-refractivity contribution in [2.45, 2.75) is 25.2 Å². The second kappa shape index (κ2) is 5.11. The maximum atomic E-state index is 5.46. The van der Waals surface area contributed by atoms with E-state index in [1.807, 2.05) is 24.3 Å². The fourth-order valence-electron chi connectivity index (χ4n) is 2.78. The molecule has 1 unspecified atom stereocenters. The molecule has 0 aliphatic heterocycles. The molecule has 0 saturated heterocycles. The van der Waals surface area contributed by atoms with Crippen molar-refractivity contribution < 1.29 is 4.52 Å². The summed E-state index contributed by atoms with van der Waals surface area (Å²) in [5.74, 6) is 3.76. The number of hydrogen-bond acceptors (Lipinski definition) is 5. The minimum absolute atomic E-state index is 0.0220. The van der Waals surface area contributed by atoms with Gasteiger partial charge in [0.2, 0.25) is 11.7 Å². The van der Waals surface area contributed by atoms with Crippen LogP contribution in [0.15, 0.2) is 28.8 Å². The Balaban J connectivity index is 1.66. The molecule has 2 aromatic heterocycles. The van der Waals surface area contributed by atoms with Crippen LogP contribution in [0.25, 0.3) is 11.4 Å². The molecular weight excluding hydrogens is 278 g/mol. The van der Waals surface area contributed by atoms with E-state index in [9.17, 15) is 0 Å². The van der Waals surface area contributed by atoms with Crippen LogP contribution in [0.1, 0.15) is 41.6 Å². The maximum Gasteiger partial charge on any atom is 0.236 e. The molecular formula is C16H13N5O. The Labute approximate surface area is 126 Å². The molecule has 0 fully saturated rings. The Morgan fingerprint density at radius 3 is 2.91 bits per heavy atom. The lowest BCUT2D eigenvalue weighted by Gasteiger charge is -2.15. The summed E-state index contributed by atoms with van der Waals surface area (Å²) in [6, 6.07) is 7.52. The lowest BCUT2D eigenvalue weighted by atomic mass is 9.90. The molecule has 1 aliphatic carbocycles. The predicted molar refractivity (Wildman–Crippen MR) is 78.8 cm³/mol. The highest BCUT2D eigenvalue weighted by Crippen LogP contribution is 2.34. The maximum absolute atomic E-state index is 5.46. The number of fused-ring (bicyclic) bond motifs is 1. The Morgan fingerprint density at radius 1 is 1.23 bits per heavy atom. The summed E-state index contributed by atoms with van der Waals surface area (Å²) in [4.78, 5) is 4.53. The average molecular weight is 291 g/mol. The summed E-state index contributed by atoms with van der Waals surface area (Å²) in [5.41, 5.74) is 3.62. The smallest absolute Gasteiger partial charge is 0.236 e. The average Bonchev–Trinajstić information content (AvgIpc) is 3.24. The van der Waals surface area contributed by atoms with E-state index in [1.54, 1.807) is 0 Å². The summed E-state index contributed by atoms with van der Waals surface area (Å²) in [6.07, 6.45) is 8.28. The summed E-state index contributed by atoms with van der Waals surface area (Å²) < 4.78 is 5.46. The third-order valence-electron chi connectivity index (χ3n) is 3.94. The van der Waals surface area contributed by atoms with E-state index in [-0.39, 0.29) is 5.92 Å². The minimum Gasteiger partial charge on any atom is -0.338 e. The van der Waals surface area contributed by atoms with Crippen LogP contribution in [0.3, 0.4) is 0 Å². The molecule has 6 nitrogen and oxygen atoms in total. The van der Waals surface area contributed by atoms with Gasteiger partial charge in [0.1, 0.15) is 0 Å². The van der Waals surface area contributed by atoms with Crippen molar-refractivity contribution in [2.75, 3.05) is 0 Å². The second-order valence-electron chi connectivity index (χ2n) is 5.28. The number of nitrogens with zero attached hydrogens (tertiary/aromatic N) is 4. The van der Waals surface area contributed by atoms with Gasteiger partial charge in [-0.1, -0.05) is 11.1 Å². The normalized spacial score (nSPS) is 17.0. The molecule has 0 amide bonds. The van der Waals surface area contributed by atoms with Crippen molar-refractivity contribution in [3.8, 4) is 23.7 Å². The first-order chi connectivity index (χ1) is 10.8. The lowest BCUT2D eigenvalue weighted by molar-refractivity contribution is 0.352. The molecule has 1 atom stereocenters. The number of rotatable bonds is 2. The van der Waals surface area contributed by atoms with Crippen molar-refractivity contribution in [3.63, 3.8) is 0 Å². The van der Waals surface area contributed by atoms with Crippen LogP contribution in [0.2, 0.25) is 0 Å². The van der Waals surface area contributed by atoms with Crippen LogP contribution in [0, 0.1) is 12.3 Å². The van der Waals surface area contributed by atoms with Crippen LogP contribution in [-0.2, 0) is 6.42 Å². The van der Waals surface area contributed by atoms with Gasteiger partial charge < -0.3 is 4.52 Å². The monoisotopic (exact) mass is 291 g/mol. The summed E-state index contributed by atoms with van der Waals surface area (Å²) >= 11 is 0. The van der Waals surface area contributed by atoms with Gasteiger partial charge in [0.25, 0.3) is 0 Å². The number of terminal acetylenes is 1. The second-order valence-corrected chi connectivity index (χ2v) is 5.28. The standard InChI is InChI=1S/C16H13N5O/c1-2-10-6-8-11(9-7-10)15-17-16(22-20-15)12-4-3-5-13-14(12)19-21-18-13/h1,6-9,12H,3-5H2,(H,18,19,21). The highest BCUT2D eigenvalue weighted by atomic mass is 16.5. The first-order valence-corrected chi connectivity index (χ1v) is 7.15. The van der Waals surface area contributed by atoms with Gasteiger partial charge >= 0.3 is 0 Å².